The highest BCUT2D eigenvalue weighted by atomic mass is 16.1. The molecule has 0 atom stereocenters. The molecule has 0 aliphatic heterocycles. The Hall–Kier alpha value is -0.590. The average Bonchev–Trinajstić information content (AvgIpc) is 1.85. The van der Waals surface area contributed by atoms with Crippen molar-refractivity contribution in [2.75, 3.05) is 0 Å². The second-order valence-corrected chi connectivity index (χ2v) is 2.21. The van der Waals surface area contributed by atoms with E-state index in [-0.39, 0.29) is 0 Å². The Morgan fingerprint density at radius 3 is 2.67 bits per heavy atom. The van der Waals surface area contributed by atoms with Gasteiger partial charge in [-0.15, -0.1) is 0 Å². The van der Waals surface area contributed by atoms with Crippen molar-refractivity contribution < 1.29 is 4.79 Å². The van der Waals surface area contributed by atoms with Gasteiger partial charge in [0.1, 0.15) is 6.29 Å². The zero-order valence-corrected chi connectivity index (χ0v) is 6.18. The highest BCUT2D eigenvalue weighted by molar-refractivity contribution is 5.53. The van der Waals surface area contributed by atoms with Gasteiger partial charge in [-0.3, -0.25) is 0 Å². The highest BCUT2D eigenvalue weighted by Crippen LogP contribution is 1.99. The molecule has 1 heteroatoms. The molecule has 0 heterocycles. The van der Waals surface area contributed by atoms with Crippen molar-refractivity contribution in [2.45, 2.75) is 33.1 Å². The van der Waals surface area contributed by atoms with Crippen LogP contribution >= 0.6 is 0 Å². The summed E-state index contributed by atoms with van der Waals surface area (Å²) in [5, 5.41) is 0. The molecule has 0 radical (unpaired) electrons. The summed E-state index contributed by atoms with van der Waals surface area (Å²) in [7, 11) is 0. The van der Waals surface area contributed by atoms with Crippen LogP contribution in [-0.4, -0.2) is 6.29 Å². The lowest BCUT2D eigenvalue weighted by Crippen LogP contribution is -1.77. The van der Waals surface area contributed by atoms with E-state index < -0.39 is 0 Å². The first kappa shape index (κ1) is 8.41. The molecule has 0 bridgehead atoms. The maximum Gasteiger partial charge on any atom is 0.124 e. The summed E-state index contributed by atoms with van der Waals surface area (Å²) in [4.78, 5) is 9.94. The smallest absolute Gasteiger partial charge is 0.124 e. The maximum absolute atomic E-state index is 9.94. The van der Waals surface area contributed by atoms with E-state index in [1.807, 2.05) is 6.92 Å². The van der Waals surface area contributed by atoms with Crippen molar-refractivity contribution >= 4 is 6.29 Å². The Labute approximate surface area is 56.8 Å². The second-order valence-electron chi connectivity index (χ2n) is 2.21. The molecule has 0 saturated heterocycles. The van der Waals surface area contributed by atoms with Gasteiger partial charge in [-0.1, -0.05) is 25.0 Å². The van der Waals surface area contributed by atoms with E-state index in [1.54, 1.807) is 0 Å². The molecular weight excluding hydrogens is 112 g/mol. The van der Waals surface area contributed by atoms with E-state index in [9.17, 15) is 4.79 Å². The van der Waals surface area contributed by atoms with Crippen LogP contribution in [0.3, 0.4) is 0 Å². The number of aldehydes is 1. The van der Waals surface area contributed by atoms with Crippen molar-refractivity contribution in [3.05, 3.63) is 11.6 Å². The number of carbonyl (C=O) groups excluding carboxylic acids is 1. The summed E-state index contributed by atoms with van der Waals surface area (Å²) in [5.41, 5.74) is 1.19. The molecule has 9 heavy (non-hydrogen) atoms. The van der Waals surface area contributed by atoms with Gasteiger partial charge in [0.2, 0.25) is 0 Å². The molecule has 0 aromatic carbocycles. The molecule has 0 aromatic rings. The summed E-state index contributed by atoms with van der Waals surface area (Å²) < 4.78 is 0. The Bertz CT molecular complexity index is 103. The predicted octanol–water partition coefficient (Wildman–Crippen LogP) is 2.32. The Balaban J connectivity index is 3.42. The van der Waals surface area contributed by atoms with Crippen molar-refractivity contribution in [2.24, 2.45) is 0 Å². The van der Waals surface area contributed by atoms with Gasteiger partial charge in [-0.2, -0.15) is 0 Å². The molecule has 0 N–H and O–H groups in total. The molecule has 52 valence electrons. The van der Waals surface area contributed by atoms with Crippen molar-refractivity contribution in [3.63, 3.8) is 0 Å². The SMILES string of the molecule is CCC/C=C(\C)CC=O. The van der Waals surface area contributed by atoms with Crippen molar-refractivity contribution in [1.82, 2.24) is 0 Å². The minimum absolute atomic E-state index is 0.597. The third-order valence-corrected chi connectivity index (χ3v) is 1.19. The predicted molar refractivity (Wildman–Crippen MR) is 39.3 cm³/mol. The molecule has 0 rings (SSSR count). The summed E-state index contributed by atoms with van der Waals surface area (Å²) in [6.45, 7) is 4.12. The molecular formula is C8H14O. The summed E-state index contributed by atoms with van der Waals surface area (Å²) >= 11 is 0. The van der Waals surface area contributed by atoms with Crippen molar-refractivity contribution in [3.8, 4) is 0 Å². The van der Waals surface area contributed by atoms with Gasteiger partial charge in [0, 0.05) is 6.42 Å². The number of hydrogen-bond acceptors (Lipinski definition) is 1. The largest absolute Gasteiger partial charge is 0.303 e. The summed E-state index contributed by atoms with van der Waals surface area (Å²) in [6, 6.07) is 0. The number of carbonyl (C=O) groups is 1. The number of unbranched alkanes of at least 4 members (excludes halogenated alkanes) is 1. The van der Waals surface area contributed by atoms with Crippen LogP contribution < -0.4 is 0 Å². The lowest BCUT2D eigenvalue weighted by molar-refractivity contribution is -0.107. The Kier molecular flexibility index (Phi) is 5.18. The standard InChI is InChI=1S/C8H14O/c1-3-4-5-8(2)6-7-9/h5,7H,3-4,6H2,1-2H3/b8-5+. The minimum atomic E-state index is 0.597. The summed E-state index contributed by atoms with van der Waals surface area (Å²) in [6.07, 6.45) is 5.92. The van der Waals surface area contributed by atoms with E-state index in [2.05, 4.69) is 13.0 Å². The monoisotopic (exact) mass is 126 g/mol. The number of allylic oxidation sites excluding steroid dienone is 2. The Morgan fingerprint density at radius 2 is 2.22 bits per heavy atom. The molecule has 0 unspecified atom stereocenters. The van der Waals surface area contributed by atoms with E-state index in [1.165, 1.54) is 5.57 Å². The number of hydrogen-bond donors (Lipinski definition) is 0. The third kappa shape index (κ3) is 5.28. The molecule has 0 fully saturated rings. The van der Waals surface area contributed by atoms with Crippen LogP contribution in [0.15, 0.2) is 11.6 Å². The zero-order valence-electron chi connectivity index (χ0n) is 6.18. The van der Waals surface area contributed by atoms with Gasteiger partial charge >= 0.3 is 0 Å². The normalized spacial score (nSPS) is 11.6. The van der Waals surface area contributed by atoms with Gasteiger partial charge in [-0.25, -0.2) is 0 Å². The second kappa shape index (κ2) is 5.54. The molecule has 0 saturated carbocycles. The van der Waals surface area contributed by atoms with Crippen LogP contribution in [-0.2, 0) is 4.79 Å². The van der Waals surface area contributed by atoms with Gasteiger partial charge in [0.05, 0.1) is 0 Å². The zero-order chi connectivity index (χ0) is 7.11. The van der Waals surface area contributed by atoms with Gasteiger partial charge in [0.15, 0.2) is 0 Å². The Morgan fingerprint density at radius 1 is 1.56 bits per heavy atom. The van der Waals surface area contributed by atoms with E-state index >= 15 is 0 Å². The average molecular weight is 126 g/mol. The van der Waals surface area contributed by atoms with Crippen LogP contribution in [0, 0.1) is 0 Å². The first-order valence-corrected chi connectivity index (χ1v) is 3.40. The first-order valence-electron chi connectivity index (χ1n) is 3.40. The lowest BCUT2D eigenvalue weighted by atomic mass is 10.2. The fourth-order valence-electron chi connectivity index (χ4n) is 0.606. The maximum atomic E-state index is 9.94. The van der Waals surface area contributed by atoms with Crippen LogP contribution in [0.4, 0.5) is 0 Å². The highest BCUT2D eigenvalue weighted by Gasteiger charge is 1.84. The molecule has 0 aromatic heterocycles. The van der Waals surface area contributed by atoms with Crippen LogP contribution in [0.25, 0.3) is 0 Å². The minimum Gasteiger partial charge on any atom is -0.303 e. The topological polar surface area (TPSA) is 17.1 Å². The quantitative estimate of drug-likeness (QED) is 0.417. The van der Waals surface area contributed by atoms with E-state index in [0.29, 0.717) is 6.42 Å². The molecule has 0 aliphatic rings. The molecule has 1 nitrogen and oxygen atoms in total. The summed E-state index contributed by atoms with van der Waals surface area (Å²) in [5.74, 6) is 0. The lowest BCUT2D eigenvalue weighted by Gasteiger charge is -1.90. The first-order chi connectivity index (χ1) is 4.31. The molecule has 0 aliphatic carbocycles. The van der Waals surface area contributed by atoms with Crippen LogP contribution in [0.1, 0.15) is 33.1 Å². The van der Waals surface area contributed by atoms with E-state index in [0.717, 1.165) is 19.1 Å². The van der Waals surface area contributed by atoms with E-state index in [4.69, 9.17) is 0 Å². The van der Waals surface area contributed by atoms with Crippen LogP contribution in [0.5, 0.6) is 0 Å². The van der Waals surface area contributed by atoms with Crippen molar-refractivity contribution in [1.29, 1.82) is 0 Å². The van der Waals surface area contributed by atoms with Gasteiger partial charge in [0.25, 0.3) is 0 Å². The van der Waals surface area contributed by atoms with Gasteiger partial charge in [-0.05, 0) is 13.3 Å². The molecule has 0 amide bonds. The number of rotatable bonds is 4. The fourth-order valence-corrected chi connectivity index (χ4v) is 0.606. The van der Waals surface area contributed by atoms with Crippen LogP contribution in [0.2, 0.25) is 0 Å². The van der Waals surface area contributed by atoms with Gasteiger partial charge < -0.3 is 4.79 Å². The third-order valence-electron chi connectivity index (χ3n) is 1.19. The fraction of sp³-hybridized carbons (Fsp3) is 0.625. The molecule has 0 spiro atoms.